The lowest BCUT2D eigenvalue weighted by Gasteiger charge is -2.44. The van der Waals surface area contributed by atoms with Gasteiger partial charge in [-0.15, -0.1) is 0 Å². The van der Waals surface area contributed by atoms with E-state index in [4.69, 9.17) is 4.43 Å². The zero-order valence-electron chi connectivity index (χ0n) is 26.1. The predicted molar refractivity (Wildman–Crippen MR) is 173 cm³/mol. The molecule has 0 aliphatic heterocycles. The SMILES string of the molecule is C/C=C/CCCCC[C@@H]1C(=O)[C@@H]2CC[C@@H](CO[Si](c3ccccc3)(c3ccccc3)C(C)(C)C)C[C@@H](C2=O)[C@H]1CC=O. The van der Waals surface area contributed by atoms with Crippen molar-refractivity contribution in [1.82, 2.24) is 0 Å². The van der Waals surface area contributed by atoms with E-state index in [1.165, 1.54) is 10.4 Å². The second kappa shape index (κ2) is 14.7. The molecule has 5 heteroatoms. The van der Waals surface area contributed by atoms with E-state index in [-0.39, 0.29) is 40.3 Å². The van der Waals surface area contributed by atoms with Crippen LogP contribution in [0.25, 0.3) is 0 Å². The molecule has 5 atom stereocenters. The Morgan fingerprint density at radius 1 is 0.881 bits per heavy atom. The van der Waals surface area contributed by atoms with Crippen molar-refractivity contribution >= 4 is 36.5 Å². The first-order valence-electron chi connectivity index (χ1n) is 16.1. The van der Waals surface area contributed by atoms with Gasteiger partial charge in [-0.25, -0.2) is 0 Å². The summed E-state index contributed by atoms with van der Waals surface area (Å²) < 4.78 is 7.27. The van der Waals surface area contributed by atoms with Gasteiger partial charge in [-0.05, 0) is 72.7 Å². The van der Waals surface area contributed by atoms with Crippen molar-refractivity contribution in [2.75, 3.05) is 6.61 Å². The van der Waals surface area contributed by atoms with Crippen LogP contribution in [0.2, 0.25) is 5.04 Å². The average molecular weight is 587 g/mol. The maximum absolute atomic E-state index is 13.7. The molecule has 2 bridgehead atoms. The van der Waals surface area contributed by atoms with Crippen molar-refractivity contribution < 1.29 is 18.8 Å². The number of unbranched alkanes of at least 4 members (excludes halogenated alkanes) is 3. The molecule has 4 nitrogen and oxygen atoms in total. The van der Waals surface area contributed by atoms with Gasteiger partial charge in [0.1, 0.15) is 17.9 Å². The number of hydrogen-bond donors (Lipinski definition) is 0. The van der Waals surface area contributed by atoms with Gasteiger partial charge in [0.2, 0.25) is 0 Å². The van der Waals surface area contributed by atoms with E-state index in [2.05, 4.69) is 93.6 Å². The minimum atomic E-state index is -2.70. The molecule has 2 fully saturated rings. The fraction of sp³-hybridized carbons (Fsp3) is 0.541. The predicted octanol–water partition coefficient (Wildman–Crippen LogP) is 7.10. The molecule has 42 heavy (non-hydrogen) atoms. The van der Waals surface area contributed by atoms with Gasteiger partial charge in [-0.2, -0.15) is 0 Å². The van der Waals surface area contributed by atoms with Crippen LogP contribution >= 0.6 is 0 Å². The van der Waals surface area contributed by atoms with Crippen molar-refractivity contribution in [3.05, 3.63) is 72.8 Å². The monoisotopic (exact) mass is 586 g/mol. The molecule has 0 saturated heterocycles. The van der Waals surface area contributed by atoms with Crippen LogP contribution in [0.3, 0.4) is 0 Å². The third-order valence-corrected chi connectivity index (χ3v) is 14.8. The molecule has 0 spiro atoms. The van der Waals surface area contributed by atoms with Crippen molar-refractivity contribution in [1.29, 1.82) is 0 Å². The molecule has 0 heterocycles. The molecule has 0 amide bonds. The lowest BCUT2D eigenvalue weighted by atomic mass is 9.63. The van der Waals surface area contributed by atoms with Crippen LogP contribution in [0.4, 0.5) is 0 Å². The first kappa shape index (κ1) is 32.3. The van der Waals surface area contributed by atoms with Crippen molar-refractivity contribution in [3.63, 3.8) is 0 Å². The van der Waals surface area contributed by atoms with Gasteiger partial charge in [-0.3, -0.25) is 9.59 Å². The molecule has 2 aromatic carbocycles. The van der Waals surface area contributed by atoms with Crippen molar-refractivity contribution in [2.45, 2.75) is 90.5 Å². The summed E-state index contributed by atoms with van der Waals surface area (Å²) in [6.45, 7) is 9.44. The molecule has 2 aliphatic carbocycles. The summed E-state index contributed by atoms with van der Waals surface area (Å²) in [5.74, 6) is -0.741. The van der Waals surface area contributed by atoms with E-state index in [0.29, 0.717) is 25.9 Å². The molecule has 2 aromatic rings. The quantitative estimate of drug-likeness (QED) is 0.0826. The largest absolute Gasteiger partial charge is 0.407 e. The van der Waals surface area contributed by atoms with Crippen LogP contribution < -0.4 is 10.4 Å². The van der Waals surface area contributed by atoms with Crippen LogP contribution in [-0.2, 0) is 18.8 Å². The van der Waals surface area contributed by atoms with Crippen molar-refractivity contribution in [3.8, 4) is 0 Å². The van der Waals surface area contributed by atoms with Crippen molar-refractivity contribution in [2.24, 2.45) is 29.6 Å². The summed E-state index contributed by atoms with van der Waals surface area (Å²) in [7, 11) is -2.70. The Bertz CT molecular complexity index is 1160. The number of carbonyl (C=O) groups excluding carboxylic acids is 3. The van der Waals surface area contributed by atoms with E-state index >= 15 is 0 Å². The Kier molecular flexibility index (Phi) is 11.3. The van der Waals surface area contributed by atoms with E-state index in [1.54, 1.807) is 0 Å². The topological polar surface area (TPSA) is 60.4 Å². The first-order valence-corrected chi connectivity index (χ1v) is 18.0. The number of fused-ring (bicyclic) bond motifs is 2. The fourth-order valence-corrected chi connectivity index (χ4v) is 12.4. The minimum absolute atomic E-state index is 0.0872. The smallest absolute Gasteiger partial charge is 0.261 e. The number of rotatable bonds is 13. The third-order valence-electron chi connectivity index (χ3n) is 9.84. The van der Waals surface area contributed by atoms with Crippen LogP contribution in [0.15, 0.2) is 72.8 Å². The Morgan fingerprint density at radius 2 is 1.52 bits per heavy atom. The maximum Gasteiger partial charge on any atom is 0.261 e. The molecule has 4 rings (SSSR count). The number of aldehydes is 1. The Labute approximate surface area is 254 Å². The zero-order chi connectivity index (χ0) is 30.2. The Morgan fingerprint density at radius 3 is 2.10 bits per heavy atom. The highest BCUT2D eigenvalue weighted by molar-refractivity contribution is 6.99. The summed E-state index contributed by atoms with van der Waals surface area (Å²) in [5.41, 5.74) is 0. The Balaban J connectivity index is 1.58. The van der Waals surface area contributed by atoms with Crippen LogP contribution in [0.5, 0.6) is 0 Å². The summed E-state index contributed by atoms with van der Waals surface area (Å²) in [5, 5.41) is 2.37. The number of carbonyl (C=O) groups is 3. The van der Waals surface area contributed by atoms with E-state index in [1.807, 2.05) is 6.92 Å². The van der Waals surface area contributed by atoms with E-state index < -0.39 is 14.2 Å². The first-order chi connectivity index (χ1) is 20.2. The highest BCUT2D eigenvalue weighted by Crippen LogP contribution is 2.46. The fourth-order valence-electron chi connectivity index (χ4n) is 7.74. The van der Waals surface area contributed by atoms with Gasteiger partial charge in [0.15, 0.2) is 0 Å². The minimum Gasteiger partial charge on any atom is -0.407 e. The van der Waals surface area contributed by atoms with Crippen LogP contribution in [0.1, 0.15) is 85.5 Å². The molecular formula is C37H50O4Si. The van der Waals surface area contributed by atoms with Gasteiger partial charge in [-0.1, -0.05) is 106 Å². The second-order valence-corrected chi connectivity index (χ2v) is 17.8. The average Bonchev–Trinajstić information content (AvgIpc) is 3.11. The normalized spacial score (nSPS) is 25.0. The standard InChI is InChI=1S/C37H50O4Si/c1-5-6-7-8-9-16-21-32-31(24-25-38)34-26-28(22-23-33(35(32)39)36(34)40)27-41-42(37(2,3)4,29-17-12-10-13-18-29)30-19-14-11-15-20-30/h5-6,10-15,17-20,25,28,31-34H,7-9,16,21-24,26-27H2,1-4H3/b6-5+/t28-,31+,32+,33+,34-/m1/s1. The van der Waals surface area contributed by atoms with Crippen LogP contribution in [0, 0.1) is 29.6 Å². The van der Waals surface area contributed by atoms with Gasteiger partial charge in [0, 0.05) is 24.9 Å². The highest BCUT2D eigenvalue weighted by atomic mass is 28.4. The van der Waals surface area contributed by atoms with Crippen LogP contribution in [-0.4, -0.2) is 32.8 Å². The maximum atomic E-state index is 13.7. The molecular weight excluding hydrogens is 536 g/mol. The summed E-state index contributed by atoms with van der Waals surface area (Å²) >= 11 is 0. The summed E-state index contributed by atoms with van der Waals surface area (Å²) in [6.07, 6.45) is 12.6. The number of allylic oxidation sites excluding steroid dienone is 2. The second-order valence-electron chi connectivity index (χ2n) is 13.5. The molecule has 0 radical (unpaired) electrons. The van der Waals surface area contributed by atoms with Gasteiger partial charge >= 0.3 is 0 Å². The third kappa shape index (κ3) is 6.94. The number of Topliss-reactive ketones (excluding diaryl/α,β-unsaturated/α-hetero) is 2. The molecule has 0 aromatic heterocycles. The molecule has 2 saturated carbocycles. The zero-order valence-corrected chi connectivity index (χ0v) is 27.1. The van der Waals surface area contributed by atoms with E-state index in [0.717, 1.165) is 44.8 Å². The van der Waals surface area contributed by atoms with Gasteiger partial charge in [0.25, 0.3) is 8.32 Å². The number of ketones is 2. The lowest BCUT2D eigenvalue weighted by Crippen LogP contribution is -2.66. The van der Waals surface area contributed by atoms with Gasteiger partial charge in [0.05, 0.1) is 5.92 Å². The molecule has 226 valence electrons. The van der Waals surface area contributed by atoms with E-state index in [9.17, 15) is 14.4 Å². The van der Waals surface area contributed by atoms with Gasteiger partial charge < -0.3 is 9.22 Å². The number of hydrogen-bond acceptors (Lipinski definition) is 4. The molecule has 0 N–H and O–H groups in total. The molecule has 0 unspecified atom stereocenters. The highest BCUT2D eigenvalue weighted by Gasteiger charge is 2.53. The lowest BCUT2D eigenvalue weighted by molar-refractivity contribution is -0.146. The summed E-state index contributed by atoms with van der Waals surface area (Å²) in [4.78, 5) is 39.2. The molecule has 2 aliphatic rings. The summed E-state index contributed by atoms with van der Waals surface area (Å²) in [6, 6.07) is 21.3. The Hall–Kier alpha value is -2.63. The number of benzene rings is 2.